The summed E-state index contributed by atoms with van der Waals surface area (Å²) in [5, 5.41) is 12.6. The molecule has 4 rings (SSSR count). The molecule has 0 spiro atoms. The Balaban J connectivity index is 1.74. The van der Waals surface area contributed by atoms with Gasteiger partial charge in [0.25, 0.3) is 0 Å². The highest BCUT2D eigenvalue weighted by molar-refractivity contribution is 7.31. The number of phenolic OH excluding ortho intramolecular Hbond substituents is 1. The van der Waals surface area contributed by atoms with Crippen LogP contribution < -0.4 is 4.52 Å². The average Bonchev–Trinajstić information content (AvgIpc) is 3.12. The number of phenols is 1. The minimum atomic E-state index is -1.89. The van der Waals surface area contributed by atoms with E-state index in [1.54, 1.807) is 0 Å². The molecule has 280 valence electrons. The SMILES string of the molecule is Cc1cc(CCC(=O)OCCOp2oc3c(C(C)(C)C)cc(C(C)(C)C)cc3c3cc(C(C)(C)C)cc(C(C)(C)C)c3o2)cc(C(C)(C)C)c1O. The molecule has 0 radical (unpaired) electrons. The molecular weight excluding hydrogens is 655 g/mol. The normalized spacial score (nSPS) is 13.3. The Labute approximate surface area is 307 Å². The lowest BCUT2D eigenvalue weighted by Gasteiger charge is -2.27. The van der Waals surface area contributed by atoms with Crippen LogP contribution in [-0.2, 0) is 43.0 Å². The number of fused-ring (bicyclic) bond motifs is 3. The number of rotatable bonds is 7. The second kappa shape index (κ2) is 14.3. The lowest BCUT2D eigenvalue weighted by Crippen LogP contribution is -2.17. The van der Waals surface area contributed by atoms with E-state index in [-0.39, 0.29) is 52.7 Å². The van der Waals surface area contributed by atoms with E-state index in [0.29, 0.717) is 12.2 Å². The first-order valence-corrected chi connectivity index (χ1v) is 19.4. The van der Waals surface area contributed by atoms with Gasteiger partial charge in [-0.25, -0.2) is 0 Å². The molecule has 0 unspecified atom stereocenters. The molecule has 6 nitrogen and oxygen atoms in total. The molecule has 0 aliphatic heterocycles. The number of ether oxygens (including phenoxy) is 1. The number of aromatic hydroxyl groups is 1. The van der Waals surface area contributed by atoms with Crippen molar-refractivity contribution in [1.82, 2.24) is 0 Å². The van der Waals surface area contributed by atoms with Gasteiger partial charge in [-0.05, 0) is 80.4 Å². The largest absolute Gasteiger partial charge is 0.507 e. The molecule has 51 heavy (non-hydrogen) atoms. The number of aryl methyl sites for hydroxylation is 2. The number of hydrogen-bond donors (Lipinski definition) is 1. The molecular formula is C44H63O6P. The Morgan fingerprint density at radius 1 is 0.627 bits per heavy atom. The van der Waals surface area contributed by atoms with Crippen LogP contribution in [0.25, 0.3) is 21.9 Å². The van der Waals surface area contributed by atoms with E-state index in [2.05, 4.69) is 128 Å². The second-order valence-corrected chi connectivity index (χ2v) is 20.4. The molecule has 4 aromatic rings. The predicted molar refractivity (Wildman–Crippen MR) is 213 cm³/mol. The van der Waals surface area contributed by atoms with Crippen LogP contribution in [0.1, 0.15) is 149 Å². The predicted octanol–water partition coefficient (Wildman–Crippen LogP) is 12.4. The van der Waals surface area contributed by atoms with Crippen LogP contribution >= 0.6 is 8.24 Å². The van der Waals surface area contributed by atoms with Crippen molar-refractivity contribution in [1.29, 1.82) is 0 Å². The van der Waals surface area contributed by atoms with Gasteiger partial charge in [0.15, 0.2) is 0 Å². The first-order chi connectivity index (χ1) is 23.2. The van der Waals surface area contributed by atoms with Gasteiger partial charge < -0.3 is 18.2 Å². The lowest BCUT2D eigenvalue weighted by atomic mass is 9.77. The van der Waals surface area contributed by atoms with Crippen molar-refractivity contribution in [2.45, 2.75) is 151 Å². The maximum absolute atomic E-state index is 12.8. The Kier molecular flexibility index (Phi) is 11.4. The highest BCUT2D eigenvalue weighted by atomic mass is 31.1. The standard InChI is InChI=1S/C44H63O6P/c1-27-21-28(22-33(37(27)46)42(8,9)10)17-18-36(45)47-19-20-48-51-49-38-31(23-29(40(2,3)4)25-34(38)43(11,12)13)32-24-30(41(5,6)7)26-35(39(32)50-51)44(14,15)16/h21-26,46H,17-20H2,1-16H3. The monoisotopic (exact) mass is 718 g/mol. The summed E-state index contributed by atoms with van der Waals surface area (Å²) >= 11 is 0. The van der Waals surface area contributed by atoms with Crippen LogP contribution in [0.2, 0.25) is 0 Å². The van der Waals surface area contributed by atoms with Gasteiger partial charge in [0.05, 0.1) is 6.61 Å². The molecule has 0 saturated heterocycles. The quantitative estimate of drug-likeness (QED) is 0.151. The van der Waals surface area contributed by atoms with Crippen molar-refractivity contribution in [3.8, 4) is 5.75 Å². The summed E-state index contributed by atoms with van der Waals surface area (Å²) in [6.45, 7) is 35.0. The average molecular weight is 719 g/mol. The van der Waals surface area contributed by atoms with Crippen LogP contribution in [0.5, 0.6) is 5.75 Å². The van der Waals surface area contributed by atoms with Gasteiger partial charge in [-0.2, -0.15) is 0 Å². The summed E-state index contributed by atoms with van der Waals surface area (Å²) in [6, 6.07) is 13.0. The molecule has 1 N–H and O–H groups in total. The summed E-state index contributed by atoms with van der Waals surface area (Å²) in [7, 11) is -1.89. The van der Waals surface area contributed by atoms with Crippen LogP contribution in [0, 0.1) is 6.92 Å². The molecule has 0 amide bonds. The third kappa shape index (κ3) is 9.62. The zero-order chi connectivity index (χ0) is 38.5. The molecule has 0 bridgehead atoms. The van der Waals surface area contributed by atoms with Crippen molar-refractivity contribution in [2.75, 3.05) is 13.2 Å². The third-order valence-corrected chi connectivity index (χ3v) is 10.5. The molecule has 0 atom stereocenters. The summed E-state index contributed by atoms with van der Waals surface area (Å²) in [6.07, 6.45) is 0.751. The minimum absolute atomic E-state index is 0.0795. The highest BCUT2D eigenvalue weighted by Gasteiger charge is 2.29. The van der Waals surface area contributed by atoms with Crippen molar-refractivity contribution >= 4 is 36.1 Å². The van der Waals surface area contributed by atoms with Gasteiger partial charge in [0, 0.05) is 28.3 Å². The van der Waals surface area contributed by atoms with Gasteiger partial charge in [-0.15, -0.1) is 0 Å². The zero-order valence-electron chi connectivity index (χ0n) is 34.2. The first-order valence-electron chi connectivity index (χ1n) is 18.3. The number of esters is 1. The number of benzene rings is 3. The zero-order valence-corrected chi connectivity index (χ0v) is 35.1. The van der Waals surface area contributed by atoms with Crippen LogP contribution in [0.3, 0.4) is 0 Å². The Morgan fingerprint density at radius 3 is 1.49 bits per heavy atom. The van der Waals surface area contributed by atoms with Gasteiger partial charge in [-0.3, -0.25) is 9.32 Å². The van der Waals surface area contributed by atoms with Crippen molar-refractivity contribution in [3.05, 3.63) is 75.3 Å². The fourth-order valence-corrected chi connectivity index (χ4v) is 7.27. The Morgan fingerprint density at radius 2 is 1.08 bits per heavy atom. The number of carbonyl (C=O) groups excluding carboxylic acids is 1. The number of carbonyl (C=O) groups is 1. The summed E-state index contributed by atoms with van der Waals surface area (Å²) in [5.41, 5.74) is 8.09. The second-order valence-electron chi connectivity index (χ2n) is 19.3. The highest BCUT2D eigenvalue weighted by Crippen LogP contribution is 2.45. The molecule has 1 aromatic heterocycles. The Bertz CT molecular complexity index is 1850. The Hall–Kier alpha value is -3.21. The van der Waals surface area contributed by atoms with Crippen LogP contribution in [-0.4, -0.2) is 24.3 Å². The molecule has 0 saturated carbocycles. The third-order valence-electron chi connectivity index (χ3n) is 9.48. The van der Waals surface area contributed by atoms with Crippen molar-refractivity contribution < 1.29 is 27.6 Å². The number of hydrogen-bond acceptors (Lipinski definition) is 6. The molecule has 0 aliphatic carbocycles. The van der Waals surface area contributed by atoms with E-state index in [9.17, 15) is 9.90 Å². The maximum Gasteiger partial charge on any atom is 0.387 e. The molecule has 7 heteroatoms. The molecule has 3 aromatic carbocycles. The van der Waals surface area contributed by atoms with E-state index in [4.69, 9.17) is 17.7 Å². The van der Waals surface area contributed by atoms with Crippen molar-refractivity contribution in [2.24, 2.45) is 0 Å². The summed E-state index contributed by atoms with van der Waals surface area (Å²) in [4.78, 5) is 12.8. The van der Waals surface area contributed by atoms with Crippen molar-refractivity contribution in [3.63, 3.8) is 0 Å². The lowest BCUT2D eigenvalue weighted by molar-refractivity contribution is -0.144. The van der Waals surface area contributed by atoms with E-state index in [0.717, 1.165) is 49.8 Å². The van der Waals surface area contributed by atoms with Gasteiger partial charge in [0.1, 0.15) is 23.5 Å². The van der Waals surface area contributed by atoms with Gasteiger partial charge in [-0.1, -0.05) is 128 Å². The van der Waals surface area contributed by atoms with Gasteiger partial charge in [0.2, 0.25) is 0 Å². The molecule has 0 aliphatic rings. The summed E-state index contributed by atoms with van der Waals surface area (Å²) in [5.74, 6) is 0.0110. The maximum atomic E-state index is 12.8. The minimum Gasteiger partial charge on any atom is -0.507 e. The molecule has 0 fully saturated rings. The van der Waals surface area contributed by atoms with E-state index in [1.807, 2.05) is 19.1 Å². The van der Waals surface area contributed by atoms with Gasteiger partial charge >= 0.3 is 14.2 Å². The van der Waals surface area contributed by atoms with E-state index >= 15 is 0 Å². The van der Waals surface area contributed by atoms with Crippen LogP contribution in [0.15, 0.2) is 44.8 Å². The van der Waals surface area contributed by atoms with E-state index < -0.39 is 8.24 Å². The fraction of sp³-hybridized carbons (Fsp3) is 0.568. The van der Waals surface area contributed by atoms with E-state index in [1.165, 1.54) is 11.1 Å². The summed E-state index contributed by atoms with van der Waals surface area (Å²) < 4.78 is 25.5. The molecule has 1 heterocycles. The smallest absolute Gasteiger partial charge is 0.387 e. The van der Waals surface area contributed by atoms with Crippen LogP contribution in [0.4, 0.5) is 0 Å². The fourth-order valence-electron chi connectivity index (χ4n) is 6.21. The topological polar surface area (TPSA) is 82.0 Å². The first kappa shape index (κ1) is 40.6.